The number of Topliss-reactive ketones (excluding diaryl/α,β-unsaturated/α-hetero) is 1. The van der Waals surface area contributed by atoms with Gasteiger partial charge in [0.2, 0.25) is 0 Å². The minimum atomic E-state index is -3.81. The van der Waals surface area contributed by atoms with Gasteiger partial charge in [0.05, 0.1) is 26.5 Å². The third-order valence-corrected chi connectivity index (χ3v) is 4.77. The molecule has 1 heterocycles. The van der Waals surface area contributed by atoms with Gasteiger partial charge in [0, 0.05) is 23.9 Å². The molecule has 0 saturated heterocycles. The molecule has 0 aromatic heterocycles. The third kappa shape index (κ3) is 5.48. The number of hydrogen-bond acceptors (Lipinski definition) is 6. The molecule has 0 bridgehead atoms. The van der Waals surface area contributed by atoms with Crippen LogP contribution in [0.1, 0.15) is 26.3 Å². The summed E-state index contributed by atoms with van der Waals surface area (Å²) in [5.74, 6) is -0.604. The average Bonchev–Trinajstić information content (AvgIpc) is 3.05. The van der Waals surface area contributed by atoms with Crippen LogP contribution in [0.25, 0.3) is 0 Å². The number of amides is 1. The molecule has 3 rings (SSSR count). The summed E-state index contributed by atoms with van der Waals surface area (Å²) in [6, 6.07) is 13.8. The van der Waals surface area contributed by atoms with Crippen molar-refractivity contribution < 1.29 is 32.0 Å². The Bertz CT molecular complexity index is 971. The van der Waals surface area contributed by atoms with Gasteiger partial charge >= 0.3 is 0 Å². The number of rotatable bonds is 7. The molecule has 1 amide bonds. The molecule has 29 heavy (non-hydrogen) atoms. The average molecular weight is 420 g/mol. The lowest BCUT2D eigenvalue weighted by atomic mass is 10.1. The van der Waals surface area contributed by atoms with Gasteiger partial charge in [-0.1, -0.05) is 18.2 Å². The number of carbonyl (C=O) groups excluding carboxylic acids is 2. The van der Waals surface area contributed by atoms with Crippen LogP contribution in [0.4, 0.5) is 5.69 Å². The van der Waals surface area contributed by atoms with E-state index in [1.165, 1.54) is 7.11 Å². The van der Waals surface area contributed by atoms with E-state index in [0.29, 0.717) is 17.8 Å². The van der Waals surface area contributed by atoms with Crippen LogP contribution in [0.3, 0.4) is 0 Å². The van der Waals surface area contributed by atoms with Crippen LogP contribution in [0.5, 0.6) is 0 Å². The van der Waals surface area contributed by atoms with Crippen molar-refractivity contribution in [1.82, 2.24) is 0 Å². The molecule has 0 aliphatic carbocycles. The molecule has 2 aromatic rings. The van der Waals surface area contributed by atoms with Gasteiger partial charge in [0.1, 0.15) is 0 Å². The second-order valence-electron chi connectivity index (χ2n) is 6.20. The van der Waals surface area contributed by atoms with E-state index < -0.39 is 22.0 Å². The van der Waals surface area contributed by atoms with Gasteiger partial charge in [-0.05, 0) is 35.9 Å². The van der Waals surface area contributed by atoms with E-state index in [4.69, 9.17) is 14.0 Å². The van der Waals surface area contributed by atoms with Gasteiger partial charge in [0.25, 0.3) is 16.0 Å². The van der Waals surface area contributed by atoms with E-state index in [2.05, 4.69) is 0 Å². The molecule has 155 valence electrons. The van der Waals surface area contributed by atoms with E-state index in [1.54, 1.807) is 35.2 Å². The molecule has 1 atom stereocenters. The Morgan fingerprint density at radius 3 is 2.28 bits per heavy atom. The van der Waals surface area contributed by atoms with Gasteiger partial charge in [-0.3, -0.25) is 13.8 Å². The number of carbonyl (C=O) groups is 2. The molecular formula is C20H22NO7S. The highest BCUT2D eigenvalue weighted by Gasteiger charge is 2.29. The first kappa shape index (κ1) is 22.7. The first-order valence-corrected chi connectivity index (χ1v) is 10.4. The SMILES string of the molecule is COCC(OS(C)(=O)=O)C(=O)c1ccc(N2Cc3ccccc3C2=O)cc1.C[O]. The first-order chi connectivity index (χ1) is 13.8. The Morgan fingerprint density at radius 1 is 1.10 bits per heavy atom. The quantitative estimate of drug-likeness (QED) is 0.501. The lowest BCUT2D eigenvalue weighted by Gasteiger charge is -2.17. The lowest BCUT2D eigenvalue weighted by molar-refractivity contribution is 0.0580. The lowest BCUT2D eigenvalue weighted by Crippen LogP contribution is -2.31. The van der Waals surface area contributed by atoms with Crippen LogP contribution in [-0.4, -0.2) is 53.3 Å². The van der Waals surface area contributed by atoms with E-state index in [1.807, 2.05) is 18.2 Å². The largest absolute Gasteiger partial charge is 0.381 e. The standard InChI is InChI=1S/C19H19NO6S.CH3O/c1-25-12-17(26-27(2,23)24)18(21)13-7-9-15(10-8-13)20-11-14-5-3-4-6-16(14)19(20)22;1-2/h3-10,17H,11-12H2,1-2H3;1H3. The van der Waals surface area contributed by atoms with Crippen molar-refractivity contribution in [2.45, 2.75) is 12.6 Å². The minimum Gasteiger partial charge on any atom is -0.381 e. The summed E-state index contributed by atoms with van der Waals surface area (Å²) >= 11 is 0. The van der Waals surface area contributed by atoms with Crippen molar-refractivity contribution in [2.75, 3.05) is 32.0 Å². The minimum absolute atomic E-state index is 0.0951. The number of methoxy groups -OCH3 is 1. The van der Waals surface area contributed by atoms with Gasteiger partial charge in [-0.25, -0.2) is 5.11 Å². The monoisotopic (exact) mass is 420 g/mol. The van der Waals surface area contributed by atoms with Gasteiger partial charge in [-0.2, -0.15) is 8.42 Å². The number of nitrogens with zero attached hydrogens (tertiary/aromatic N) is 1. The molecule has 0 fully saturated rings. The zero-order valence-corrected chi connectivity index (χ0v) is 17.1. The second-order valence-corrected chi connectivity index (χ2v) is 7.80. The Kier molecular flexibility index (Phi) is 7.63. The molecule has 2 aromatic carbocycles. The molecule has 8 nitrogen and oxygen atoms in total. The van der Waals surface area contributed by atoms with Crippen molar-refractivity contribution in [3.8, 4) is 0 Å². The zero-order chi connectivity index (χ0) is 21.6. The Balaban J connectivity index is 0.00000145. The molecule has 1 aliphatic heterocycles. The molecular weight excluding hydrogens is 398 g/mol. The highest BCUT2D eigenvalue weighted by molar-refractivity contribution is 7.86. The normalized spacial score (nSPS) is 14.1. The molecule has 1 radical (unpaired) electrons. The van der Waals surface area contributed by atoms with Crippen molar-refractivity contribution in [3.63, 3.8) is 0 Å². The summed E-state index contributed by atoms with van der Waals surface area (Å²) in [4.78, 5) is 26.7. The summed E-state index contributed by atoms with van der Waals surface area (Å²) in [7, 11) is -1.71. The van der Waals surface area contributed by atoms with E-state index in [0.717, 1.165) is 18.9 Å². The number of ether oxygens (including phenoxy) is 1. The maximum absolute atomic E-state index is 12.5. The van der Waals surface area contributed by atoms with Gasteiger partial charge in [0.15, 0.2) is 11.9 Å². The number of ketones is 1. The first-order valence-electron chi connectivity index (χ1n) is 8.62. The summed E-state index contributed by atoms with van der Waals surface area (Å²) in [5.41, 5.74) is 2.54. The molecule has 0 saturated carbocycles. The van der Waals surface area contributed by atoms with E-state index >= 15 is 0 Å². The number of benzene rings is 2. The van der Waals surface area contributed by atoms with Crippen LogP contribution >= 0.6 is 0 Å². The van der Waals surface area contributed by atoms with E-state index in [-0.39, 0.29) is 18.1 Å². The Hall–Kier alpha value is -2.59. The van der Waals surface area contributed by atoms with Crippen LogP contribution < -0.4 is 4.90 Å². The van der Waals surface area contributed by atoms with Crippen molar-refractivity contribution in [2.24, 2.45) is 0 Å². The van der Waals surface area contributed by atoms with E-state index in [9.17, 15) is 18.0 Å². The van der Waals surface area contributed by atoms with Crippen molar-refractivity contribution in [3.05, 3.63) is 65.2 Å². The predicted molar refractivity (Wildman–Crippen MR) is 106 cm³/mol. The molecule has 1 unspecified atom stereocenters. The van der Waals surface area contributed by atoms with Crippen molar-refractivity contribution in [1.29, 1.82) is 0 Å². The molecule has 9 heteroatoms. The van der Waals surface area contributed by atoms with Crippen LogP contribution in [0.2, 0.25) is 0 Å². The number of fused-ring (bicyclic) bond motifs is 1. The summed E-state index contributed by atoms with van der Waals surface area (Å²) in [5, 5.41) is 8.25. The number of anilines is 1. The summed E-state index contributed by atoms with van der Waals surface area (Å²) in [6.07, 6.45) is -0.378. The van der Waals surface area contributed by atoms with Crippen molar-refractivity contribution >= 4 is 27.5 Å². The zero-order valence-electron chi connectivity index (χ0n) is 16.3. The molecule has 0 N–H and O–H groups in total. The fraction of sp³-hybridized carbons (Fsp3) is 0.300. The fourth-order valence-corrected chi connectivity index (χ4v) is 3.53. The third-order valence-electron chi connectivity index (χ3n) is 4.19. The molecule has 0 spiro atoms. The number of hydrogen-bond donors (Lipinski definition) is 0. The Labute approximate surface area is 169 Å². The summed E-state index contributed by atoms with van der Waals surface area (Å²) < 4.78 is 32.4. The van der Waals surface area contributed by atoms with Crippen LogP contribution in [-0.2, 0) is 30.7 Å². The smallest absolute Gasteiger partial charge is 0.265 e. The maximum atomic E-state index is 12.5. The molecule has 1 aliphatic rings. The highest BCUT2D eigenvalue weighted by atomic mass is 32.2. The Morgan fingerprint density at radius 2 is 1.72 bits per heavy atom. The van der Waals surface area contributed by atoms with Gasteiger partial charge in [-0.15, -0.1) is 0 Å². The fourth-order valence-electron chi connectivity index (χ4n) is 2.96. The van der Waals surface area contributed by atoms with Crippen LogP contribution in [0, 0.1) is 0 Å². The maximum Gasteiger partial charge on any atom is 0.265 e. The predicted octanol–water partition coefficient (Wildman–Crippen LogP) is 2.07. The van der Waals surface area contributed by atoms with Crippen LogP contribution in [0.15, 0.2) is 48.5 Å². The van der Waals surface area contributed by atoms with Gasteiger partial charge < -0.3 is 9.64 Å². The highest BCUT2D eigenvalue weighted by Crippen LogP contribution is 2.28. The second kappa shape index (κ2) is 9.75. The summed E-state index contributed by atoms with van der Waals surface area (Å²) in [6.45, 7) is 0.277. The topological polar surface area (TPSA) is 110 Å².